The molecule has 2 aromatic rings. The highest BCUT2D eigenvalue weighted by Crippen LogP contribution is 2.29. The van der Waals surface area contributed by atoms with Gasteiger partial charge in [0.2, 0.25) is 0 Å². The van der Waals surface area contributed by atoms with Gasteiger partial charge in [0.1, 0.15) is 0 Å². The molecule has 3 N–H and O–H groups in total. The molecule has 0 aliphatic carbocycles. The van der Waals surface area contributed by atoms with E-state index in [1.165, 1.54) is 0 Å². The van der Waals surface area contributed by atoms with Gasteiger partial charge in [0.15, 0.2) is 11.5 Å². The van der Waals surface area contributed by atoms with Crippen molar-refractivity contribution in [3.8, 4) is 11.5 Å². The van der Waals surface area contributed by atoms with Gasteiger partial charge in [-0.05, 0) is 24.3 Å². The average Bonchev–Trinajstić information content (AvgIpc) is 2.39. The highest BCUT2D eigenvalue weighted by atomic mass is 31.2. The minimum Gasteiger partial charge on any atom is -0.303 e. The Labute approximate surface area is 122 Å². The van der Waals surface area contributed by atoms with Crippen LogP contribution < -0.4 is 9.05 Å². The van der Waals surface area contributed by atoms with Crippen LogP contribution in [0.1, 0.15) is 0 Å². The quantitative estimate of drug-likeness (QED) is 0.738. The minimum absolute atomic E-state index is 0.527. The van der Waals surface area contributed by atoms with E-state index >= 15 is 0 Å². The fourth-order valence-corrected chi connectivity index (χ4v) is 1.78. The van der Waals surface area contributed by atoms with Crippen molar-refractivity contribution in [2.75, 3.05) is 0 Å². The number of para-hydroxylation sites is 2. The summed E-state index contributed by atoms with van der Waals surface area (Å²) in [4.78, 5) is 21.6. The van der Waals surface area contributed by atoms with E-state index in [9.17, 15) is 4.57 Å². The Balaban J connectivity index is 0.000000383. The van der Waals surface area contributed by atoms with Crippen LogP contribution in [0.4, 0.5) is 0 Å². The number of benzene rings is 2. The molecule has 0 spiro atoms. The molecule has 9 heteroatoms. The number of rotatable bonds is 4. The topological polar surface area (TPSA) is 113 Å². The van der Waals surface area contributed by atoms with Crippen LogP contribution in [0.15, 0.2) is 60.7 Å². The molecule has 0 fully saturated rings. The monoisotopic (exact) mass is 331 g/mol. The molecule has 21 heavy (non-hydrogen) atoms. The van der Waals surface area contributed by atoms with Crippen LogP contribution in [0.2, 0.25) is 0 Å². The molecule has 0 saturated heterocycles. The second-order valence-electron chi connectivity index (χ2n) is 3.55. The van der Waals surface area contributed by atoms with Gasteiger partial charge in [0.05, 0.1) is 0 Å². The molecule has 0 aliphatic heterocycles. The Hall–Kier alpha value is -1.75. The molecular formula is C12H13O7P2+. The van der Waals surface area contributed by atoms with Gasteiger partial charge in [-0.3, -0.25) is 0 Å². The summed E-state index contributed by atoms with van der Waals surface area (Å²) in [6, 6.07) is 17.8. The number of hydrogen-bond donors (Lipinski definition) is 3. The van der Waals surface area contributed by atoms with Gasteiger partial charge < -0.3 is 14.7 Å². The third kappa shape index (κ3) is 9.73. The zero-order valence-electron chi connectivity index (χ0n) is 10.6. The third-order valence-electron chi connectivity index (χ3n) is 1.85. The smallest absolute Gasteiger partial charge is 0.303 e. The summed E-state index contributed by atoms with van der Waals surface area (Å²) in [6.07, 6.45) is 0. The third-order valence-corrected chi connectivity index (χ3v) is 2.57. The van der Waals surface area contributed by atoms with E-state index in [0.29, 0.717) is 11.5 Å². The van der Waals surface area contributed by atoms with Crippen LogP contribution in [0.5, 0.6) is 11.5 Å². The molecule has 0 aliphatic rings. The SMILES string of the molecule is O=P(O)(O)O.O=[P+](Oc1ccccc1)Oc1ccccc1. The first-order valence-electron chi connectivity index (χ1n) is 5.56. The Morgan fingerprint density at radius 2 is 1.05 bits per heavy atom. The van der Waals surface area contributed by atoms with Crippen LogP contribution in [-0.2, 0) is 9.13 Å². The van der Waals surface area contributed by atoms with E-state index in [4.69, 9.17) is 28.3 Å². The van der Waals surface area contributed by atoms with Crippen LogP contribution in [-0.4, -0.2) is 14.7 Å². The van der Waals surface area contributed by atoms with Gasteiger partial charge in [-0.25, -0.2) is 13.6 Å². The maximum Gasteiger partial charge on any atom is 0.805 e. The van der Waals surface area contributed by atoms with Gasteiger partial charge >= 0.3 is 16.1 Å². The molecule has 7 nitrogen and oxygen atoms in total. The predicted octanol–water partition coefficient (Wildman–Crippen LogP) is 2.87. The molecule has 0 aromatic heterocycles. The zero-order valence-corrected chi connectivity index (χ0v) is 12.4. The normalized spacial score (nSPS) is 10.0. The minimum atomic E-state index is -4.64. The summed E-state index contributed by atoms with van der Waals surface area (Å²) in [5.74, 6) is 1.05. The van der Waals surface area contributed by atoms with E-state index in [1.807, 2.05) is 12.1 Å². The largest absolute Gasteiger partial charge is 0.805 e. The Bertz CT molecular complexity index is 546. The fraction of sp³-hybridized carbons (Fsp3) is 0. The van der Waals surface area contributed by atoms with Gasteiger partial charge in [-0.1, -0.05) is 36.4 Å². The summed E-state index contributed by atoms with van der Waals surface area (Å²) in [7, 11) is -6.82. The lowest BCUT2D eigenvalue weighted by molar-refractivity contribution is 0.275. The summed E-state index contributed by atoms with van der Waals surface area (Å²) >= 11 is 0. The number of hydrogen-bond acceptors (Lipinski definition) is 4. The van der Waals surface area contributed by atoms with Crippen molar-refractivity contribution in [1.82, 2.24) is 0 Å². The molecule has 2 aromatic carbocycles. The van der Waals surface area contributed by atoms with Crippen LogP contribution in [0.25, 0.3) is 0 Å². The first-order chi connectivity index (χ1) is 9.84. The van der Waals surface area contributed by atoms with Crippen molar-refractivity contribution in [3.05, 3.63) is 60.7 Å². The Kier molecular flexibility index (Phi) is 7.02. The van der Waals surface area contributed by atoms with E-state index in [0.717, 1.165) is 0 Å². The highest BCUT2D eigenvalue weighted by Gasteiger charge is 2.23. The molecule has 0 heterocycles. The van der Waals surface area contributed by atoms with E-state index < -0.39 is 16.1 Å². The lowest BCUT2D eigenvalue weighted by Crippen LogP contribution is -1.87. The lowest BCUT2D eigenvalue weighted by Gasteiger charge is -1.92. The molecule has 0 radical (unpaired) electrons. The molecule has 0 bridgehead atoms. The van der Waals surface area contributed by atoms with E-state index in [-0.39, 0.29) is 0 Å². The van der Waals surface area contributed by atoms with Crippen molar-refractivity contribution in [3.63, 3.8) is 0 Å². The molecule has 112 valence electrons. The first kappa shape index (κ1) is 17.3. The molecule has 0 unspecified atom stereocenters. The zero-order chi connectivity index (χ0) is 15.7. The first-order valence-corrected chi connectivity index (χ1v) is 8.22. The summed E-state index contributed by atoms with van der Waals surface area (Å²) < 4.78 is 30.6. The number of phosphoric acid groups is 1. The summed E-state index contributed by atoms with van der Waals surface area (Å²) in [5.41, 5.74) is 0. The standard InChI is InChI=1S/C12H10O3P.H3O4P/c13-16(14-11-7-3-1-4-8-11)15-12-9-5-2-6-10-12;1-5(2,3)4/h1-10H;(H3,1,2,3,4)/q+1;. The molecule has 0 atom stereocenters. The van der Waals surface area contributed by atoms with Crippen LogP contribution in [0, 0.1) is 0 Å². The van der Waals surface area contributed by atoms with Crippen molar-refractivity contribution >= 4 is 16.1 Å². The second kappa shape index (κ2) is 8.52. The summed E-state index contributed by atoms with van der Waals surface area (Å²) in [5, 5.41) is 0. The molecular weight excluding hydrogens is 318 g/mol. The molecule has 0 saturated carbocycles. The highest BCUT2D eigenvalue weighted by molar-refractivity contribution is 7.45. The second-order valence-corrected chi connectivity index (χ2v) is 5.38. The summed E-state index contributed by atoms with van der Waals surface area (Å²) in [6.45, 7) is 0. The van der Waals surface area contributed by atoms with Gasteiger partial charge in [0.25, 0.3) is 0 Å². The van der Waals surface area contributed by atoms with Gasteiger partial charge in [-0.2, -0.15) is 0 Å². The van der Waals surface area contributed by atoms with Crippen molar-refractivity contribution < 1.29 is 32.9 Å². The van der Waals surface area contributed by atoms with Crippen LogP contribution in [0.3, 0.4) is 0 Å². The van der Waals surface area contributed by atoms with Crippen LogP contribution >= 0.6 is 16.1 Å². The maximum atomic E-state index is 11.5. The van der Waals surface area contributed by atoms with E-state index in [2.05, 4.69) is 0 Å². The predicted molar refractivity (Wildman–Crippen MR) is 76.0 cm³/mol. The Morgan fingerprint density at radius 3 is 1.33 bits per heavy atom. The fourth-order valence-electron chi connectivity index (χ4n) is 1.15. The van der Waals surface area contributed by atoms with Gasteiger partial charge in [0, 0.05) is 4.57 Å². The Morgan fingerprint density at radius 1 is 0.762 bits per heavy atom. The van der Waals surface area contributed by atoms with E-state index in [1.54, 1.807) is 48.5 Å². The van der Waals surface area contributed by atoms with Crippen molar-refractivity contribution in [2.24, 2.45) is 0 Å². The van der Waals surface area contributed by atoms with Crippen molar-refractivity contribution in [1.29, 1.82) is 0 Å². The van der Waals surface area contributed by atoms with Crippen molar-refractivity contribution in [2.45, 2.75) is 0 Å². The lowest BCUT2D eigenvalue weighted by atomic mass is 10.3. The maximum absolute atomic E-state index is 11.5. The van der Waals surface area contributed by atoms with Gasteiger partial charge in [-0.15, -0.1) is 0 Å². The average molecular weight is 331 g/mol. The molecule has 2 rings (SSSR count). The molecule has 0 amide bonds.